The van der Waals surface area contributed by atoms with Crippen LogP contribution in [0.5, 0.6) is 0 Å². The highest BCUT2D eigenvalue weighted by atomic mass is 79.9. The molecule has 0 saturated carbocycles. The lowest BCUT2D eigenvalue weighted by molar-refractivity contribution is 0.316. The fourth-order valence-electron chi connectivity index (χ4n) is 4.48. The number of anilines is 1. The van der Waals surface area contributed by atoms with E-state index in [1.54, 1.807) is 11.3 Å². The van der Waals surface area contributed by atoms with E-state index in [1.807, 2.05) is 0 Å². The first-order chi connectivity index (χ1) is 13.1. The Labute approximate surface area is 171 Å². The van der Waals surface area contributed by atoms with Crippen LogP contribution in [-0.2, 0) is 13.1 Å². The number of nitrogens with one attached hydrogen (secondary N) is 1. The molecule has 5 rings (SSSR count). The monoisotopic (exact) mass is 443 g/mol. The number of halogens is 1. The number of benzene rings is 1. The zero-order valence-electron chi connectivity index (χ0n) is 15.4. The summed E-state index contributed by atoms with van der Waals surface area (Å²) < 4.78 is 3.45. The third kappa shape index (κ3) is 2.84. The molecule has 7 heteroatoms. The van der Waals surface area contributed by atoms with Crippen molar-refractivity contribution in [1.82, 2.24) is 19.8 Å². The highest BCUT2D eigenvalue weighted by molar-refractivity contribution is 9.10. The van der Waals surface area contributed by atoms with Gasteiger partial charge in [0, 0.05) is 37.6 Å². The maximum atomic E-state index is 4.73. The van der Waals surface area contributed by atoms with E-state index in [4.69, 9.17) is 4.98 Å². The summed E-state index contributed by atoms with van der Waals surface area (Å²) in [4.78, 5) is 9.50. The molecule has 0 amide bonds. The quantitative estimate of drug-likeness (QED) is 0.651. The van der Waals surface area contributed by atoms with Crippen LogP contribution in [0.2, 0.25) is 0 Å². The van der Waals surface area contributed by atoms with Crippen LogP contribution in [0.1, 0.15) is 22.3 Å². The van der Waals surface area contributed by atoms with Gasteiger partial charge in [-0.05, 0) is 28.5 Å². The summed E-state index contributed by atoms with van der Waals surface area (Å²) >= 11 is 5.24. The van der Waals surface area contributed by atoms with Crippen molar-refractivity contribution in [2.75, 3.05) is 32.2 Å². The van der Waals surface area contributed by atoms with E-state index < -0.39 is 0 Å². The molecule has 140 valence electrons. The van der Waals surface area contributed by atoms with Gasteiger partial charge in [-0.2, -0.15) is 0 Å². The fourth-order valence-corrected chi connectivity index (χ4v) is 5.82. The summed E-state index contributed by atoms with van der Waals surface area (Å²) in [5, 5.41) is 6.91. The van der Waals surface area contributed by atoms with Crippen LogP contribution in [0.15, 0.2) is 40.3 Å². The van der Waals surface area contributed by atoms with E-state index in [0.717, 1.165) is 35.9 Å². The molecule has 2 aliphatic heterocycles. The molecule has 1 aromatic carbocycles. The van der Waals surface area contributed by atoms with Gasteiger partial charge in [-0.3, -0.25) is 4.90 Å². The lowest BCUT2D eigenvalue weighted by Gasteiger charge is -2.34. The second kappa shape index (κ2) is 6.74. The smallest absolute Gasteiger partial charge is 0.117 e. The van der Waals surface area contributed by atoms with E-state index in [0.29, 0.717) is 0 Å². The van der Waals surface area contributed by atoms with Crippen LogP contribution < -0.4 is 10.2 Å². The van der Waals surface area contributed by atoms with Crippen molar-refractivity contribution in [2.45, 2.75) is 19.1 Å². The van der Waals surface area contributed by atoms with Crippen molar-refractivity contribution in [3.05, 3.63) is 56.6 Å². The summed E-state index contributed by atoms with van der Waals surface area (Å²) in [6.07, 6.45) is 0. The van der Waals surface area contributed by atoms with Crippen LogP contribution in [0, 0.1) is 0 Å². The second-order valence-corrected chi connectivity index (χ2v) is 9.03. The standard InChI is InChI=1S/C20H22BrN5S/c1-24-10-14-17(13-6-4-3-5-7-13)26-9-8-22-16(20-23-15(21)11-27-20)19(26)18(14)25(2)12-24/h3-7,11,16,22H,8-10,12H2,1-2H3. The summed E-state index contributed by atoms with van der Waals surface area (Å²) in [6, 6.07) is 10.9. The molecule has 0 saturated heterocycles. The maximum Gasteiger partial charge on any atom is 0.117 e. The third-order valence-corrected chi connectivity index (χ3v) is 7.00. The summed E-state index contributed by atoms with van der Waals surface area (Å²) in [5.74, 6) is 0. The van der Waals surface area contributed by atoms with Gasteiger partial charge in [0.05, 0.1) is 23.7 Å². The van der Waals surface area contributed by atoms with E-state index in [9.17, 15) is 0 Å². The number of thiazole rings is 1. The average molecular weight is 444 g/mol. The first kappa shape index (κ1) is 17.4. The predicted molar refractivity (Wildman–Crippen MR) is 114 cm³/mol. The number of hydrogen-bond acceptors (Lipinski definition) is 5. The van der Waals surface area contributed by atoms with Gasteiger partial charge in [-0.1, -0.05) is 30.3 Å². The van der Waals surface area contributed by atoms with Crippen LogP contribution in [-0.4, -0.2) is 41.8 Å². The van der Waals surface area contributed by atoms with E-state index in [1.165, 1.54) is 28.2 Å². The molecule has 2 aliphatic rings. The largest absolute Gasteiger partial charge is 0.360 e. The molecule has 1 N–H and O–H groups in total. The molecule has 5 nitrogen and oxygen atoms in total. The van der Waals surface area contributed by atoms with Crippen molar-refractivity contribution in [2.24, 2.45) is 0 Å². The predicted octanol–water partition coefficient (Wildman–Crippen LogP) is 3.91. The number of fused-ring (bicyclic) bond motifs is 3. The molecule has 2 aromatic heterocycles. The zero-order valence-corrected chi connectivity index (χ0v) is 17.8. The topological polar surface area (TPSA) is 36.3 Å². The van der Waals surface area contributed by atoms with Crippen LogP contribution in [0.4, 0.5) is 5.69 Å². The Morgan fingerprint density at radius 3 is 2.78 bits per heavy atom. The van der Waals surface area contributed by atoms with Crippen LogP contribution in [0.25, 0.3) is 11.3 Å². The van der Waals surface area contributed by atoms with E-state index in [2.05, 4.69) is 85.4 Å². The van der Waals surface area contributed by atoms with E-state index >= 15 is 0 Å². The number of rotatable bonds is 2. The van der Waals surface area contributed by atoms with Crippen molar-refractivity contribution >= 4 is 33.0 Å². The van der Waals surface area contributed by atoms with Gasteiger partial charge >= 0.3 is 0 Å². The molecule has 0 radical (unpaired) electrons. The Morgan fingerprint density at radius 1 is 1.22 bits per heavy atom. The Bertz CT molecular complexity index is 980. The minimum Gasteiger partial charge on any atom is -0.360 e. The van der Waals surface area contributed by atoms with Crippen LogP contribution >= 0.6 is 27.3 Å². The second-order valence-electron chi connectivity index (χ2n) is 7.33. The van der Waals surface area contributed by atoms with Crippen molar-refractivity contribution < 1.29 is 0 Å². The molecular weight excluding hydrogens is 422 g/mol. The normalized spacial score (nSPS) is 19.8. The molecule has 1 unspecified atom stereocenters. The number of nitrogens with zero attached hydrogens (tertiary/aromatic N) is 4. The Kier molecular flexibility index (Phi) is 4.35. The lowest BCUT2D eigenvalue weighted by Crippen LogP contribution is -2.39. The minimum absolute atomic E-state index is 0.132. The van der Waals surface area contributed by atoms with Crippen molar-refractivity contribution in [1.29, 1.82) is 0 Å². The molecule has 1 atom stereocenters. The van der Waals surface area contributed by atoms with Crippen molar-refractivity contribution in [3.8, 4) is 11.3 Å². The van der Waals surface area contributed by atoms with Crippen molar-refractivity contribution in [3.63, 3.8) is 0 Å². The molecular formula is C20H22BrN5S. The first-order valence-electron chi connectivity index (χ1n) is 9.18. The lowest BCUT2D eigenvalue weighted by atomic mass is 10.0. The van der Waals surface area contributed by atoms with Crippen LogP contribution in [0.3, 0.4) is 0 Å². The van der Waals surface area contributed by atoms with Gasteiger partial charge in [-0.15, -0.1) is 11.3 Å². The van der Waals surface area contributed by atoms with Gasteiger partial charge in [-0.25, -0.2) is 4.98 Å². The summed E-state index contributed by atoms with van der Waals surface area (Å²) in [6.45, 7) is 3.83. The SMILES string of the molecule is CN1Cc2c(c3n(c2-c2ccccc2)CCNC3c2nc(Br)cs2)N(C)C1. The minimum atomic E-state index is 0.132. The summed E-state index contributed by atoms with van der Waals surface area (Å²) in [7, 11) is 4.39. The molecule has 0 fully saturated rings. The van der Waals surface area contributed by atoms with Gasteiger partial charge < -0.3 is 14.8 Å². The average Bonchev–Trinajstić information content (AvgIpc) is 3.23. The number of aromatic nitrogens is 2. The maximum absolute atomic E-state index is 4.73. The molecule has 27 heavy (non-hydrogen) atoms. The Balaban J connectivity index is 1.77. The highest BCUT2D eigenvalue weighted by Crippen LogP contribution is 2.45. The Morgan fingerprint density at radius 2 is 2.04 bits per heavy atom. The highest BCUT2D eigenvalue weighted by Gasteiger charge is 2.36. The third-order valence-electron chi connectivity index (χ3n) is 5.38. The fraction of sp³-hybridized carbons (Fsp3) is 0.350. The van der Waals surface area contributed by atoms with Gasteiger partial charge in [0.1, 0.15) is 15.7 Å². The molecule has 4 heterocycles. The zero-order chi connectivity index (χ0) is 18.5. The number of hydrogen-bond donors (Lipinski definition) is 1. The molecule has 0 aliphatic carbocycles. The Hall–Kier alpha value is -1.67. The molecule has 3 aromatic rings. The molecule has 0 bridgehead atoms. The first-order valence-corrected chi connectivity index (χ1v) is 10.9. The van der Waals surface area contributed by atoms with Gasteiger partial charge in [0.15, 0.2) is 0 Å². The van der Waals surface area contributed by atoms with Gasteiger partial charge in [0.2, 0.25) is 0 Å². The molecule has 0 spiro atoms. The van der Waals surface area contributed by atoms with Gasteiger partial charge in [0.25, 0.3) is 0 Å². The summed E-state index contributed by atoms with van der Waals surface area (Å²) in [5.41, 5.74) is 6.81. The van der Waals surface area contributed by atoms with E-state index in [-0.39, 0.29) is 6.04 Å².